The number of aryl methyl sites for hydroxylation is 1. The van der Waals surface area contributed by atoms with Gasteiger partial charge in [-0.1, -0.05) is 12.1 Å². The van der Waals surface area contributed by atoms with Crippen LogP contribution in [0.2, 0.25) is 0 Å². The molecular formula is C23H21F2N3O2S. The SMILES string of the molecule is Cc1nc(-c2cccc(NC(=O)C3CCN(C(=O)c4ccc(F)cc4F)CC3)c2)cs1. The van der Waals surface area contributed by atoms with Crippen LogP contribution in [0.25, 0.3) is 11.3 Å². The zero-order chi connectivity index (χ0) is 22.0. The highest BCUT2D eigenvalue weighted by atomic mass is 32.1. The lowest BCUT2D eigenvalue weighted by Crippen LogP contribution is -2.41. The number of aromatic nitrogens is 1. The minimum absolute atomic E-state index is 0.105. The minimum atomic E-state index is -0.875. The van der Waals surface area contributed by atoms with Crippen molar-refractivity contribution in [1.82, 2.24) is 9.88 Å². The molecule has 1 aromatic heterocycles. The summed E-state index contributed by atoms with van der Waals surface area (Å²) in [6.07, 6.45) is 0.955. The fourth-order valence-corrected chi connectivity index (χ4v) is 4.30. The Morgan fingerprint density at radius 3 is 2.58 bits per heavy atom. The molecule has 2 heterocycles. The summed E-state index contributed by atoms with van der Waals surface area (Å²) in [6.45, 7) is 2.62. The Labute approximate surface area is 182 Å². The van der Waals surface area contributed by atoms with Gasteiger partial charge in [-0.25, -0.2) is 13.8 Å². The van der Waals surface area contributed by atoms with Crippen LogP contribution in [0.5, 0.6) is 0 Å². The van der Waals surface area contributed by atoms with E-state index in [1.165, 1.54) is 4.90 Å². The number of piperidine rings is 1. The number of thiazole rings is 1. The highest BCUT2D eigenvalue weighted by Gasteiger charge is 2.29. The van der Waals surface area contributed by atoms with E-state index < -0.39 is 17.5 Å². The lowest BCUT2D eigenvalue weighted by atomic mass is 9.95. The van der Waals surface area contributed by atoms with Gasteiger partial charge in [-0.3, -0.25) is 9.59 Å². The average Bonchev–Trinajstić information content (AvgIpc) is 3.20. The van der Waals surface area contributed by atoms with E-state index in [2.05, 4.69) is 10.3 Å². The molecule has 4 rings (SSSR count). The second-order valence-corrected chi connectivity index (χ2v) is 8.57. The molecular weight excluding hydrogens is 420 g/mol. The molecule has 1 saturated heterocycles. The number of nitrogens with one attached hydrogen (secondary N) is 1. The molecule has 1 aliphatic heterocycles. The van der Waals surface area contributed by atoms with Gasteiger partial charge in [0.25, 0.3) is 5.91 Å². The number of rotatable bonds is 4. The van der Waals surface area contributed by atoms with E-state index in [9.17, 15) is 18.4 Å². The number of anilines is 1. The van der Waals surface area contributed by atoms with Gasteiger partial charge in [0, 0.05) is 41.7 Å². The highest BCUT2D eigenvalue weighted by molar-refractivity contribution is 7.09. The van der Waals surface area contributed by atoms with Gasteiger partial charge in [0.05, 0.1) is 16.3 Å². The van der Waals surface area contributed by atoms with Crippen molar-refractivity contribution in [2.24, 2.45) is 5.92 Å². The molecule has 2 amide bonds. The summed E-state index contributed by atoms with van der Waals surface area (Å²) in [5.41, 5.74) is 2.35. The number of amides is 2. The van der Waals surface area contributed by atoms with Crippen LogP contribution in [0, 0.1) is 24.5 Å². The van der Waals surface area contributed by atoms with Crippen molar-refractivity contribution in [3.63, 3.8) is 0 Å². The van der Waals surface area contributed by atoms with Crippen LogP contribution < -0.4 is 5.32 Å². The molecule has 2 aromatic carbocycles. The molecule has 0 atom stereocenters. The van der Waals surface area contributed by atoms with Crippen LogP contribution in [0.15, 0.2) is 47.8 Å². The molecule has 160 valence electrons. The molecule has 0 radical (unpaired) electrons. The Morgan fingerprint density at radius 1 is 1.13 bits per heavy atom. The van der Waals surface area contributed by atoms with Crippen LogP contribution in [-0.2, 0) is 4.79 Å². The Morgan fingerprint density at radius 2 is 1.90 bits per heavy atom. The second-order valence-electron chi connectivity index (χ2n) is 7.51. The molecule has 3 aromatic rings. The molecule has 5 nitrogen and oxygen atoms in total. The first-order valence-corrected chi connectivity index (χ1v) is 10.9. The van der Waals surface area contributed by atoms with Crippen molar-refractivity contribution >= 4 is 28.8 Å². The normalized spacial score (nSPS) is 14.5. The van der Waals surface area contributed by atoms with Crippen LogP contribution in [0.4, 0.5) is 14.5 Å². The van der Waals surface area contributed by atoms with Crippen molar-refractivity contribution in [2.75, 3.05) is 18.4 Å². The summed E-state index contributed by atoms with van der Waals surface area (Å²) in [5.74, 6) is -2.43. The van der Waals surface area contributed by atoms with E-state index in [-0.39, 0.29) is 17.4 Å². The predicted molar refractivity (Wildman–Crippen MR) is 116 cm³/mol. The number of halogens is 2. The van der Waals surface area contributed by atoms with E-state index >= 15 is 0 Å². The van der Waals surface area contributed by atoms with Gasteiger partial charge in [0.1, 0.15) is 11.6 Å². The van der Waals surface area contributed by atoms with E-state index in [1.807, 2.05) is 36.6 Å². The molecule has 8 heteroatoms. The Bertz CT molecular complexity index is 1120. The Kier molecular flexibility index (Phi) is 6.08. The van der Waals surface area contributed by atoms with Crippen LogP contribution in [0.1, 0.15) is 28.2 Å². The molecule has 1 N–H and O–H groups in total. The minimum Gasteiger partial charge on any atom is -0.339 e. The highest BCUT2D eigenvalue weighted by Crippen LogP contribution is 2.26. The molecule has 0 bridgehead atoms. The zero-order valence-electron chi connectivity index (χ0n) is 16.9. The van der Waals surface area contributed by atoms with Gasteiger partial charge in [-0.2, -0.15) is 0 Å². The number of hydrogen-bond acceptors (Lipinski definition) is 4. The topological polar surface area (TPSA) is 62.3 Å². The molecule has 0 saturated carbocycles. The van der Waals surface area contributed by atoms with Crippen LogP contribution >= 0.6 is 11.3 Å². The first-order valence-electron chi connectivity index (χ1n) is 9.98. The monoisotopic (exact) mass is 441 g/mol. The number of carbonyl (C=O) groups is 2. The van der Waals surface area contributed by atoms with Crippen LogP contribution in [0.3, 0.4) is 0 Å². The molecule has 0 unspecified atom stereocenters. The maximum atomic E-state index is 13.9. The van der Waals surface area contributed by atoms with Gasteiger partial charge < -0.3 is 10.2 Å². The predicted octanol–water partition coefficient (Wildman–Crippen LogP) is 4.89. The number of hydrogen-bond donors (Lipinski definition) is 1. The van der Waals surface area contributed by atoms with Gasteiger partial charge in [0.2, 0.25) is 5.91 Å². The quantitative estimate of drug-likeness (QED) is 0.627. The molecule has 31 heavy (non-hydrogen) atoms. The summed E-state index contributed by atoms with van der Waals surface area (Å²) < 4.78 is 27.0. The first-order chi connectivity index (χ1) is 14.9. The molecule has 1 aliphatic rings. The number of likely N-dealkylation sites (tertiary alicyclic amines) is 1. The summed E-state index contributed by atoms with van der Waals surface area (Å²) in [6, 6.07) is 10.5. The van der Waals surface area contributed by atoms with E-state index in [4.69, 9.17) is 0 Å². The number of benzene rings is 2. The summed E-state index contributed by atoms with van der Waals surface area (Å²) in [5, 5.41) is 5.91. The summed E-state index contributed by atoms with van der Waals surface area (Å²) in [4.78, 5) is 31.2. The fourth-order valence-electron chi connectivity index (χ4n) is 3.67. The van der Waals surface area contributed by atoms with Crippen molar-refractivity contribution in [2.45, 2.75) is 19.8 Å². The third kappa shape index (κ3) is 4.80. The fraction of sp³-hybridized carbons (Fsp3) is 0.261. The van der Waals surface area contributed by atoms with Gasteiger partial charge in [-0.05, 0) is 44.0 Å². The van der Waals surface area contributed by atoms with Crippen molar-refractivity contribution in [3.05, 3.63) is 70.1 Å². The lowest BCUT2D eigenvalue weighted by Gasteiger charge is -2.31. The van der Waals surface area contributed by atoms with Gasteiger partial charge in [0.15, 0.2) is 0 Å². The van der Waals surface area contributed by atoms with Crippen LogP contribution in [-0.4, -0.2) is 34.8 Å². The van der Waals surface area contributed by atoms with E-state index in [0.29, 0.717) is 37.7 Å². The van der Waals surface area contributed by atoms with Gasteiger partial charge >= 0.3 is 0 Å². The smallest absolute Gasteiger partial charge is 0.256 e. The Balaban J connectivity index is 1.36. The lowest BCUT2D eigenvalue weighted by molar-refractivity contribution is -0.121. The second kappa shape index (κ2) is 8.93. The van der Waals surface area contributed by atoms with E-state index in [0.717, 1.165) is 28.4 Å². The summed E-state index contributed by atoms with van der Waals surface area (Å²) in [7, 11) is 0. The van der Waals surface area contributed by atoms with Crippen molar-refractivity contribution < 1.29 is 18.4 Å². The molecule has 1 fully saturated rings. The summed E-state index contributed by atoms with van der Waals surface area (Å²) >= 11 is 1.57. The zero-order valence-corrected chi connectivity index (χ0v) is 17.7. The van der Waals surface area contributed by atoms with E-state index in [1.54, 1.807) is 11.3 Å². The molecule has 0 spiro atoms. The number of carbonyl (C=O) groups excluding carboxylic acids is 2. The number of nitrogens with zero attached hydrogens (tertiary/aromatic N) is 2. The molecule has 0 aliphatic carbocycles. The van der Waals surface area contributed by atoms with Crippen molar-refractivity contribution in [3.8, 4) is 11.3 Å². The Hall–Kier alpha value is -3.13. The maximum absolute atomic E-state index is 13.9. The average molecular weight is 442 g/mol. The third-order valence-electron chi connectivity index (χ3n) is 5.36. The standard InChI is InChI=1S/C23H21F2N3O2S/c1-14-26-21(13-31-14)16-3-2-4-18(11-16)27-22(29)15-7-9-28(10-8-15)23(30)19-6-5-17(24)12-20(19)25/h2-6,11-13,15H,7-10H2,1H3,(H,27,29). The largest absolute Gasteiger partial charge is 0.339 e. The third-order valence-corrected chi connectivity index (χ3v) is 6.13. The van der Waals surface area contributed by atoms with Crippen molar-refractivity contribution in [1.29, 1.82) is 0 Å². The first kappa shape index (κ1) is 21.1. The van der Waals surface area contributed by atoms with Gasteiger partial charge in [-0.15, -0.1) is 11.3 Å². The maximum Gasteiger partial charge on any atom is 0.256 e.